The number of halogens is 3. The minimum absolute atomic E-state index is 0.0685. The van der Waals surface area contributed by atoms with Crippen molar-refractivity contribution in [3.8, 4) is 16.9 Å². The Morgan fingerprint density at radius 1 is 1.18 bits per heavy atom. The number of aromatic nitrogens is 2. The molecule has 1 heterocycles. The number of nitrogens with zero attached hydrogens (tertiary/aromatic N) is 2. The maximum absolute atomic E-state index is 13.5. The van der Waals surface area contributed by atoms with E-state index in [2.05, 4.69) is 10.2 Å². The number of sulfonamides is 1. The van der Waals surface area contributed by atoms with E-state index >= 15 is 0 Å². The summed E-state index contributed by atoms with van der Waals surface area (Å²) < 4.78 is 71.0. The Kier molecular flexibility index (Phi) is 6.77. The number of carboxylic acid groups (broad SMARTS) is 1. The van der Waals surface area contributed by atoms with Gasteiger partial charge in [0.05, 0.1) is 19.1 Å². The smallest absolute Gasteiger partial charge is 0.416 e. The van der Waals surface area contributed by atoms with Crippen molar-refractivity contribution in [1.29, 1.82) is 0 Å². The zero-order valence-electron chi connectivity index (χ0n) is 17.3. The number of carboxylic acids is 1. The fourth-order valence-corrected chi connectivity index (χ4v) is 5.44. The summed E-state index contributed by atoms with van der Waals surface area (Å²) in [5.41, 5.74) is -0.761. The lowest BCUT2D eigenvalue weighted by Gasteiger charge is -2.20. The first-order valence-corrected chi connectivity index (χ1v) is 11.7. The van der Waals surface area contributed by atoms with Crippen LogP contribution in [0.25, 0.3) is 11.1 Å². The van der Waals surface area contributed by atoms with Crippen molar-refractivity contribution in [3.05, 3.63) is 63.1 Å². The number of hydrogen-bond donors (Lipinski definition) is 2. The molecular formula is C20H18F3N3O5S2. The Morgan fingerprint density at radius 2 is 1.88 bits per heavy atom. The summed E-state index contributed by atoms with van der Waals surface area (Å²) in [6.45, 7) is 1.56. The third-order valence-electron chi connectivity index (χ3n) is 4.67. The number of ether oxygens (including phenoxy) is 1. The van der Waals surface area contributed by atoms with Crippen molar-refractivity contribution in [2.45, 2.75) is 24.8 Å². The maximum atomic E-state index is 13.5. The summed E-state index contributed by atoms with van der Waals surface area (Å²) in [6.07, 6.45) is -5.12. The molecule has 0 amide bonds. The van der Waals surface area contributed by atoms with E-state index in [0.29, 0.717) is 16.6 Å². The highest BCUT2D eigenvalue weighted by atomic mass is 32.2. The Hall–Kier alpha value is -3.03. The Bertz CT molecular complexity index is 1310. The van der Waals surface area contributed by atoms with E-state index in [0.717, 1.165) is 23.5 Å². The number of aryl methyl sites for hydroxylation is 1. The molecule has 3 rings (SSSR count). The van der Waals surface area contributed by atoms with E-state index in [4.69, 9.17) is 15.0 Å². The second kappa shape index (κ2) is 9.08. The van der Waals surface area contributed by atoms with Crippen LogP contribution < -0.4 is 9.88 Å². The molecule has 8 nitrogen and oxygen atoms in total. The molecule has 3 N–H and O–H groups in total. The molecule has 176 valence electrons. The number of hydrogen-bond acceptors (Lipinski definition) is 7. The van der Waals surface area contributed by atoms with Gasteiger partial charge in [0.1, 0.15) is 15.8 Å². The molecule has 1 aromatic heterocycles. The van der Waals surface area contributed by atoms with E-state index in [9.17, 15) is 26.4 Å². The van der Waals surface area contributed by atoms with Gasteiger partial charge in [-0.15, -0.1) is 21.5 Å². The Labute approximate surface area is 190 Å². The van der Waals surface area contributed by atoms with Crippen molar-refractivity contribution >= 4 is 27.3 Å². The first-order valence-electron chi connectivity index (χ1n) is 9.23. The molecule has 0 bridgehead atoms. The average Bonchev–Trinajstić information content (AvgIpc) is 3.11. The number of nitrogens with two attached hydrogens (primary N) is 1. The fraction of sp³-hybridized carbons (Fsp3) is 0.250. The number of methoxy groups -OCH3 is 1. The summed E-state index contributed by atoms with van der Waals surface area (Å²) >= 11 is 0.885. The number of carbonyl (C=O) groups is 1. The highest BCUT2D eigenvalue weighted by molar-refractivity contribution is 7.89. The summed E-state index contributed by atoms with van der Waals surface area (Å²) in [4.78, 5) is 11.2. The molecule has 2 aromatic carbocycles. The van der Waals surface area contributed by atoms with Gasteiger partial charge in [0.25, 0.3) is 0 Å². The van der Waals surface area contributed by atoms with Gasteiger partial charge in [-0.3, -0.25) is 4.79 Å². The second-order valence-corrected chi connectivity index (χ2v) is 9.90. The van der Waals surface area contributed by atoms with Crippen LogP contribution in [-0.2, 0) is 27.4 Å². The first kappa shape index (κ1) is 24.6. The van der Waals surface area contributed by atoms with Gasteiger partial charge in [-0.1, -0.05) is 12.1 Å². The normalized spacial score (nSPS) is 13.0. The molecule has 0 aliphatic rings. The standard InChI is InChI=1S/C20H18F3N3O5S2/c1-10-25-26-19(32-10)18(33(24,29)30)15-9-12(20(21,22)23)4-5-13(15)14-7-11(8-17(27)28)3-6-16(14)31-2/h3-7,9,18H,8H2,1-2H3,(H,27,28)(H2,24,29,30). The molecule has 0 saturated carbocycles. The lowest BCUT2D eigenvalue weighted by Crippen LogP contribution is -2.24. The van der Waals surface area contributed by atoms with Gasteiger partial charge in [0.2, 0.25) is 10.0 Å². The number of rotatable bonds is 7. The minimum Gasteiger partial charge on any atom is -0.496 e. The molecule has 0 aliphatic heterocycles. The summed E-state index contributed by atoms with van der Waals surface area (Å²) in [6, 6.07) is 6.97. The molecule has 3 aromatic rings. The molecule has 1 atom stereocenters. The van der Waals surface area contributed by atoms with Gasteiger partial charge < -0.3 is 9.84 Å². The van der Waals surface area contributed by atoms with Gasteiger partial charge in [0, 0.05) is 5.56 Å². The molecule has 13 heteroatoms. The van der Waals surface area contributed by atoms with E-state index in [1.54, 1.807) is 6.92 Å². The number of benzene rings is 2. The monoisotopic (exact) mass is 501 g/mol. The number of alkyl halides is 3. The number of aliphatic carboxylic acids is 1. The molecule has 0 spiro atoms. The SMILES string of the molecule is COc1ccc(CC(=O)O)cc1-c1ccc(C(F)(F)F)cc1C(c1nnc(C)s1)S(N)(=O)=O. The van der Waals surface area contributed by atoms with Crippen LogP contribution in [0.5, 0.6) is 5.75 Å². The fourth-order valence-electron chi connectivity index (χ4n) is 3.32. The highest BCUT2D eigenvalue weighted by Gasteiger charge is 2.36. The van der Waals surface area contributed by atoms with Crippen LogP contribution >= 0.6 is 11.3 Å². The maximum Gasteiger partial charge on any atom is 0.416 e. The topological polar surface area (TPSA) is 132 Å². The van der Waals surface area contributed by atoms with Crippen molar-refractivity contribution in [1.82, 2.24) is 10.2 Å². The second-order valence-electron chi connectivity index (χ2n) is 7.03. The lowest BCUT2D eigenvalue weighted by molar-refractivity contribution is -0.138. The van der Waals surface area contributed by atoms with Crippen LogP contribution in [0.4, 0.5) is 13.2 Å². The first-order chi connectivity index (χ1) is 15.3. The third kappa shape index (κ3) is 5.49. The summed E-state index contributed by atoms with van der Waals surface area (Å²) in [5, 5.41) is 20.7. The molecule has 0 saturated heterocycles. The largest absolute Gasteiger partial charge is 0.496 e. The summed E-state index contributed by atoms with van der Waals surface area (Å²) in [7, 11) is -3.17. The van der Waals surface area contributed by atoms with Gasteiger partial charge >= 0.3 is 12.1 Å². The molecule has 0 radical (unpaired) electrons. The third-order valence-corrected chi connectivity index (χ3v) is 6.85. The molecule has 1 unspecified atom stereocenters. The van der Waals surface area contributed by atoms with Gasteiger partial charge in [-0.2, -0.15) is 13.2 Å². The zero-order valence-corrected chi connectivity index (χ0v) is 18.9. The summed E-state index contributed by atoms with van der Waals surface area (Å²) in [5.74, 6) is -0.919. The molecule has 33 heavy (non-hydrogen) atoms. The van der Waals surface area contributed by atoms with Crippen molar-refractivity contribution in [2.24, 2.45) is 5.14 Å². The van der Waals surface area contributed by atoms with Crippen molar-refractivity contribution in [3.63, 3.8) is 0 Å². The zero-order chi connectivity index (χ0) is 24.6. The predicted molar refractivity (Wildman–Crippen MR) is 114 cm³/mol. The van der Waals surface area contributed by atoms with Crippen LogP contribution in [0.15, 0.2) is 36.4 Å². The highest BCUT2D eigenvalue weighted by Crippen LogP contribution is 2.43. The van der Waals surface area contributed by atoms with Crippen molar-refractivity contribution < 1.29 is 36.2 Å². The number of primary sulfonamides is 1. The van der Waals surface area contributed by atoms with E-state index in [1.165, 1.54) is 25.3 Å². The van der Waals surface area contributed by atoms with Crippen molar-refractivity contribution in [2.75, 3.05) is 7.11 Å². The lowest BCUT2D eigenvalue weighted by atomic mass is 9.93. The molecule has 0 fully saturated rings. The van der Waals surface area contributed by atoms with Gasteiger partial charge in [-0.05, 0) is 47.9 Å². The van der Waals surface area contributed by atoms with Crippen LogP contribution in [0.2, 0.25) is 0 Å². The van der Waals surface area contributed by atoms with Gasteiger partial charge in [0.15, 0.2) is 5.25 Å². The van der Waals surface area contributed by atoms with E-state index in [-0.39, 0.29) is 33.9 Å². The van der Waals surface area contributed by atoms with Crippen LogP contribution in [0.1, 0.15) is 32.0 Å². The van der Waals surface area contributed by atoms with Crippen LogP contribution in [-0.4, -0.2) is 36.8 Å². The minimum atomic E-state index is -4.76. The molecule has 0 aliphatic carbocycles. The van der Waals surface area contributed by atoms with Crippen LogP contribution in [0.3, 0.4) is 0 Å². The molecular weight excluding hydrogens is 483 g/mol. The Balaban J connectivity index is 2.37. The van der Waals surface area contributed by atoms with E-state index in [1.807, 2.05) is 0 Å². The predicted octanol–water partition coefficient (Wildman–Crippen LogP) is 3.55. The van der Waals surface area contributed by atoms with E-state index < -0.39 is 33.0 Å². The van der Waals surface area contributed by atoms with Gasteiger partial charge in [-0.25, -0.2) is 13.6 Å². The quantitative estimate of drug-likeness (QED) is 0.506. The Morgan fingerprint density at radius 3 is 2.39 bits per heavy atom. The van der Waals surface area contributed by atoms with Crippen LogP contribution in [0, 0.1) is 6.92 Å². The average molecular weight is 502 g/mol.